The molecule has 0 radical (unpaired) electrons. The number of carbonyl (C=O) groups is 1. The molecule has 6 N–H and O–H groups in total. The minimum atomic E-state index is -1.57. The number of aliphatic hydroxyl groups excluding tert-OH is 5. The van der Waals surface area contributed by atoms with Crippen molar-refractivity contribution >= 4 is 5.91 Å². The largest absolute Gasteiger partial charge is 0.394 e. The Morgan fingerprint density at radius 2 is 0.950 bits per heavy atom. The number of nitrogens with one attached hydrogen (secondary N) is 1. The number of amides is 1. The number of unbranched alkanes of at least 4 members (excludes halogenated alkanes) is 31. The van der Waals surface area contributed by atoms with E-state index in [-0.39, 0.29) is 12.5 Å². The van der Waals surface area contributed by atoms with Gasteiger partial charge in [-0.1, -0.05) is 224 Å². The molecule has 0 aliphatic carbocycles. The Kier molecular flexibility index (Phi) is 39.4. The van der Waals surface area contributed by atoms with Gasteiger partial charge in [0.2, 0.25) is 5.91 Å². The molecule has 0 bridgehead atoms. The zero-order valence-electron chi connectivity index (χ0n) is 39.0. The van der Waals surface area contributed by atoms with E-state index < -0.39 is 49.5 Å². The van der Waals surface area contributed by atoms with E-state index in [1.54, 1.807) is 6.08 Å². The number of hydrogen-bond donors (Lipinski definition) is 6. The monoisotopic (exact) mass is 852 g/mol. The molecular weight excluding hydrogens is 755 g/mol. The van der Waals surface area contributed by atoms with Crippen LogP contribution in [0.5, 0.6) is 0 Å². The first-order chi connectivity index (χ1) is 29.3. The van der Waals surface area contributed by atoms with Crippen LogP contribution in [0.15, 0.2) is 24.3 Å². The predicted octanol–water partition coefficient (Wildman–Crippen LogP) is 11.5. The fourth-order valence-electron chi connectivity index (χ4n) is 8.17. The smallest absolute Gasteiger partial charge is 0.220 e. The van der Waals surface area contributed by atoms with Crippen molar-refractivity contribution in [1.29, 1.82) is 0 Å². The molecule has 60 heavy (non-hydrogen) atoms. The summed E-state index contributed by atoms with van der Waals surface area (Å²) in [6.45, 7) is 3.64. The van der Waals surface area contributed by atoms with Crippen LogP contribution in [-0.2, 0) is 14.3 Å². The van der Waals surface area contributed by atoms with Gasteiger partial charge in [0.1, 0.15) is 24.4 Å². The average Bonchev–Trinajstić information content (AvgIpc) is 3.25. The van der Waals surface area contributed by atoms with E-state index in [2.05, 4.69) is 31.3 Å². The van der Waals surface area contributed by atoms with Crippen molar-refractivity contribution in [2.45, 2.75) is 281 Å². The maximum atomic E-state index is 12.7. The molecule has 1 heterocycles. The molecule has 0 aromatic rings. The molecule has 9 nitrogen and oxygen atoms in total. The van der Waals surface area contributed by atoms with Gasteiger partial charge in [0.15, 0.2) is 6.29 Å². The SMILES string of the molecule is CCCCCCCCCCCCCCCCCCCCCCCCCCCCC/C=C/CC/C=C/C(O)C(COC1OC(CO)C(O)C(O)C1O)NC(=O)CCCCCC. The summed E-state index contributed by atoms with van der Waals surface area (Å²) in [7, 11) is 0. The molecule has 0 aromatic heterocycles. The van der Waals surface area contributed by atoms with Crippen LogP contribution in [0.1, 0.15) is 239 Å². The third-order valence-electron chi connectivity index (χ3n) is 12.3. The van der Waals surface area contributed by atoms with Crippen molar-refractivity contribution in [3.05, 3.63) is 24.3 Å². The summed E-state index contributed by atoms with van der Waals surface area (Å²) in [5.74, 6) is -0.204. The molecule has 9 heteroatoms. The van der Waals surface area contributed by atoms with Gasteiger partial charge in [0.25, 0.3) is 0 Å². The van der Waals surface area contributed by atoms with Gasteiger partial charge in [0.05, 0.1) is 25.4 Å². The highest BCUT2D eigenvalue weighted by molar-refractivity contribution is 5.76. The molecule has 1 amide bonds. The summed E-state index contributed by atoms with van der Waals surface area (Å²) in [6.07, 6.45) is 44.9. The first-order valence-corrected chi connectivity index (χ1v) is 25.6. The van der Waals surface area contributed by atoms with E-state index in [1.165, 1.54) is 173 Å². The molecule has 7 atom stereocenters. The normalized spacial score (nSPS) is 20.7. The van der Waals surface area contributed by atoms with Crippen molar-refractivity contribution in [2.24, 2.45) is 0 Å². The zero-order chi connectivity index (χ0) is 43.7. The Labute approximate surface area is 369 Å². The lowest BCUT2D eigenvalue weighted by Gasteiger charge is -2.40. The Bertz CT molecular complexity index is 992. The van der Waals surface area contributed by atoms with Gasteiger partial charge in [-0.15, -0.1) is 0 Å². The van der Waals surface area contributed by atoms with Gasteiger partial charge in [-0.3, -0.25) is 4.79 Å². The summed E-state index contributed by atoms with van der Waals surface area (Å²) < 4.78 is 11.1. The highest BCUT2D eigenvalue weighted by Crippen LogP contribution is 2.23. The highest BCUT2D eigenvalue weighted by atomic mass is 16.7. The van der Waals surface area contributed by atoms with E-state index in [1.807, 2.05) is 6.08 Å². The lowest BCUT2D eigenvalue weighted by atomic mass is 9.99. The molecule has 1 rings (SSSR count). The standard InChI is InChI=1S/C51H97NO8/c1-3-5-7-9-10-11-12-13-14-15-16-17-18-19-20-21-22-23-24-25-26-27-28-29-30-31-32-33-34-35-36-37-38-40-45(54)44(52-47(55)41-39-8-6-4-2)43-59-51-50(58)49(57)48(56)46(42-53)60-51/h34-35,38,40,44-46,48-51,53-54,56-58H,3-33,36-37,39,41-43H2,1-2H3,(H,52,55)/b35-34+,40-38+. The van der Waals surface area contributed by atoms with Gasteiger partial charge in [-0.2, -0.15) is 0 Å². The van der Waals surface area contributed by atoms with Gasteiger partial charge in [-0.05, 0) is 32.1 Å². The molecule has 1 saturated heterocycles. The summed E-state index contributed by atoms with van der Waals surface area (Å²) in [5.41, 5.74) is 0. The van der Waals surface area contributed by atoms with Gasteiger partial charge >= 0.3 is 0 Å². The Balaban J connectivity index is 2.04. The highest BCUT2D eigenvalue weighted by Gasteiger charge is 2.44. The van der Waals surface area contributed by atoms with Crippen LogP contribution in [0.3, 0.4) is 0 Å². The van der Waals surface area contributed by atoms with Crippen molar-refractivity contribution in [2.75, 3.05) is 13.2 Å². The van der Waals surface area contributed by atoms with E-state index >= 15 is 0 Å². The van der Waals surface area contributed by atoms with Crippen molar-refractivity contribution < 1.29 is 39.8 Å². The molecule has 0 saturated carbocycles. The molecule has 1 aliphatic heterocycles. The van der Waals surface area contributed by atoms with Crippen LogP contribution >= 0.6 is 0 Å². The summed E-state index contributed by atoms with van der Waals surface area (Å²) >= 11 is 0. The van der Waals surface area contributed by atoms with E-state index in [0.717, 1.165) is 44.9 Å². The Morgan fingerprint density at radius 1 is 0.550 bits per heavy atom. The number of aliphatic hydroxyl groups is 5. The van der Waals surface area contributed by atoms with Gasteiger partial charge in [-0.25, -0.2) is 0 Å². The zero-order valence-corrected chi connectivity index (χ0v) is 39.0. The number of allylic oxidation sites excluding steroid dienone is 3. The molecule has 0 spiro atoms. The molecule has 1 aliphatic rings. The van der Waals surface area contributed by atoms with Crippen LogP contribution < -0.4 is 5.32 Å². The second-order valence-corrected chi connectivity index (χ2v) is 18.0. The molecule has 354 valence electrons. The third-order valence-corrected chi connectivity index (χ3v) is 12.3. The third kappa shape index (κ3) is 31.5. The van der Waals surface area contributed by atoms with Crippen molar-refractivity contribution in [3.63, 3.8) is 0 Å². The van der Waals surface area contributed by atoms with Crippen LogP contribution in [0, 0.1) is 0 Å². The van der Waals surface area contributed by atoms with Gasteiger partial charge < -0.3 is 40.3 Å². The second kappa shape index (κ2) is 41.7. The Morgan fingerprint density at radius 3 is 1.40 bits per heavy atom. The fourth-order valence-corrected chi connectivity index (χ4v) is 8.17. The first-order valence-electron chi connectivity index (χ1n) is 25.6. The molecule has 7 unspecified atom stereocenters. The summed E-state index contributed by atoms with van der Waals surface area (Å²) in [4.78, 5) is 12.7. The second-order valence-electron chi connectivity index (χ2n) is 18.0. The van der Waals surface area contributed by atoms with Crippen molar-refractivity contribution in [1.82, 2.24) is 5.32 Å². The topological polar surface area (TPSA) is 149 Å². The maximum Gasteiger partial charge on any atom is 0.220 e. The number of rotatable bonds is 43. The quantitative estimate of drug-likeness (QED) is 0.0262. The fraction of sp³-hybridized carbons (Fsp3) is 0.902. The minimum absolute atomic E-state index is 0.200. The predicted molar refractivity (Wildman–Crippen MR) is 249 cm³/mol. The Hall–Kier alpha value is -1.33. The average molecular weight is 852 g/mol. The minimum Gasteiger partial charge on any atom is -0.394 e. The lowest BCUT2D eigenvalue weighted by Crippen LogP contribution is -2.60. The van der Waals surface area contributed by atoms with Crippen LogP contribution in [0.25, 0.3) is 0 Å². The molecule has 0 aromatic carbocycles. The van der Waals surface area contributed by atoms with E-state index in [0.29, 0.717) is 6.42 Å². The van der Waals surface area contributed by atoms with E-state index in [9.17, 15) is 30.3 Å². The first kappa shape index (κ1) is 56.7. The number of carbonyl (C=O) groups excluding carboxylic acids is 1. The summed E-state index contributed by atoms with van der Waals surface area (Å²) in [5, 5.41) is 53.7. The van der Waals surface area contributed by atoms with Gasteiger partial charge in [0, 0.05) is 6.42 Å². The number of hydrogen-bond acceptors (Lipinski definition) is 8. The van der Waals surface area contributed by atoms with Crippen molar-refractivity contribution in [3.8, 4) is 0 Å². The number of ether oxygens (including phenoxy) is 2. The maximum absolute atomic E-state index is 12.7. The van der Waals surface area contributed by atoms with Crippen LogP contribution in [-0.4, -0.2) is 87.5 Å². The molecule has 1 fully saturated rings. The summed E-state index contributed by atoms with van der Waals surface area (Å²) in [6, 6.07) is -0.814. The van der Waals surface area contributed by atoms with Crippen LogP contribution in [0.4, 0.5) is 0 Å². The lowest BCUT2D eigenvalue weighted by molar-refractivity contribution is -0.302. The van der Waals surface area contributed by atoms with E-state index in [4.69, 9.17) is 9.47 Å². The van der Waals surface area contributed by atoms with Crippen LogP contribution in [0.2, 0.25) is 0 Å². The molecular formula is C51H97NO8.